The average molecular weight is 502 g/mol. The number of rotatable bonds is 10. The van der Waals surface area contributed by atoms with Crippen LogP contribution < -0.4 is 5.32 Å². The number of ether oxygens (including phenoxy) is 1. The smallest absolute Gasteiger partial charge is 0.280 e. The van der Waals surface area contributed by atoms with E-state index >= 15 is 0 Å². The SMILES string of the molecule is COCc1cnc(NC(=O)C(=NOC(C)c2ncccn2)c2ccc(S(O)(O)C3=CC3)cc2)s1. The number of hydrogen-bond acceptors (Lipinski definition) is 10. The van der Waals surface area contributed by atoms with Gasteiger partial charge in [-0.25, -0.2) is 15.0 Å². The number of oxime groups is 1. The molecule has 1 aromatic carbocycles. The molecule has 1 atom stereocenters. The molecule has 0 saturated carbocycles. The van der Waals surface area contributed by atoms with Crippen LogP contribution >= 0.6 is 21.9 Å². The first-order valence-electron chi connectivity index (χ1n) is 10.2. The number of aromatic nitrogens is 3. The lowest BCUT2D eigenvalue weighted by Crippen LogP contribution is -2.24. The second kappa shape index (κ2) is 10.4. The van der Waals surface area contributed by atoms with E-state index in [4.69, 9.17) is 9.57 Å². The van der Waals surface area contributed by atoms with Gasteiger partial charge in [0, 0.05) is 42.6 Å². The highest BCUT2D eigenvalue weighted by atomic mass is 32.3. The Morgan fingerprint density at radius 2 is 1.94 bits per heavy atom. The van der Waals surface area contributed by atoms with Crippen molar-refractivity contribution < 1.29 is 23.5 Å². The number of carbonyl (C=O) groups is 1. The van der Waals surface area contributed by atoms with Crippen LogP contribution in [0.3, 0.4) is 0 Å². The van der Waals surface area contributed by atoms with Crippen LogP contribution in [0.4, 0.5) is 5.13 Å². The fourth-order valence-electron chi connectivity index (χ4n) is 2.88. The van der Waals surface area contributed by atoms with E-state index in [-0.39, 0.29) is 5.71 Å². The summed E-state index contributed by atoms with van der Waals surface area (Å²) in [4.78, 5) is 33.0. The third kappa shape index (κ3) is 5.66. The minimum absolute atomic E-state index is 0.0139. The molecule has 2 aromatic heterocycles. The third-order valence-electron chi connectivity index (χ3n) is 4.72. The summed E-state index contributed by atoms with van der Waals surface area (Å²) in [5, 5.41) is 7.20. The van der Waals surface area contributed by atoms with Gasteiger partial charge in [-0.05, 0) is 25.1 Å². The number of nitrogens with one attached hydrogen (secondary N) is 1. The number of benzene rings is 1. The van der Waals surface area contributed by atoms with Crippen LogP contribution in [0.15, 0.2) is 70.0 Å². The lowest BCUT2D eigenvalue weighted by molar-refractivity contribution is -0.110. The van der Waals surface area contributed by atoms with Crippen molar-refractivity contribution in [2.24, 2.45) is 5.16 Å². The molecule has 0 fully saturated rings. The van der Waals surface area contributed by atoms with Crippen molar-refractivity contribution >= 4 is 38.7 Å². The molecule has 4 rings (SSSR count). The van der Waals surface area contributed by atoms with Gasteiger partial charge < -0.3 is 9.57 Å². The number of allylic oxidation sites excluding steroid dienone is 2. The molecule has 0 radical (unpaired) electrons. The molecule has 1 aliphatic carbocycles. The number of carbonyl (C=O) groups excluding carboxylic acids is 1. The number of thiazole rings is 1. The summed E-state index contributed by atoms with van der Waals surface area (Å²) in [5.41, 5.74) is 0.413. The van der Waals surface area contributed by atoms with Crippen molar-refractivity contribution in [2.75, 3.05) is 12.4 Å². The predicted octanol–water partition coefficient (Wildman–Crippen LogP) is 4.60. The first-order valence-corrected chi connectivity index (χ1v) is 12.6. The fraction of sp³-hybridized carbons (Fsp3) is 0.227. The van der Waals surface area contributed by atoms with Crippen LogP contribution in [0.5, 0.6) is 0 Å². The van der Waals surface area contributed by atoms with Crippen LogP contribution in [0.1, 0.15) is 35.7 Å². The maximum Gasteiger partial charge on any atom is 0.280 e. The normalized spacial score (nSPS) is 14.8. The molecule has 1 unspecified atom stereocenters. The van der Waals surface area contributed by atoms with E-state index in [2.05, 4.69) is 25.4 Å². The van der Waals surface area contributed by atoms with E-state index in [9.17, 15) is 13.9 Å². The van der Waals surface area contributed by atoms with Gasteiger partial charge in [-0.3, -0.25) is 19.2 Å². The summed E-state index contributed by atoms with van der Waals surface area (Å²) in [7, 11) is -1.41. The summed E-state index contributed by atoms with van der Waals surface area (Å²) < 4.78 is 25.9. The van der Waals surface area contributed by atoms with E-state index in [1.165, 1.54) is 11.3 Å². The monoisotopic (exact) mass is 501 g/mol. The minimum atomic E-state index is -2.99. The zero-order chi connectivity index (χ0) is 24.1. The Kier molecular flexibility index (Phi) is 7.34. The molecule has 2 heterocycles. The van der Waals surface area contributed by atoms with Crippen LogP contribution in [0, 0.1) is 0 Å². The minimum Gasteiger partial charge on any atom is -0.384 e. The van der Waals surface area contributed by atoms with E-state index in [0.717, 1.165) is 4.88 Å². The van der Waals surface area contributed by atoms with E-state index in [1.807, 2.05) is 0 Å². The summed E-state index contributed by atoms with van der Waals surface area (Å²) >= 11 is 1.28. The molecule has 12 heteroatoms. The van der Waals surface area contributed by atoms with Crippen LogP contribution in [-0.4, -0.2) is 42.8 Å². The summed E-state index contributed by atoms with van der Waals surface area (Å²) in [6.07, 6.45) is 6.56. The Morgan fingerprint density at radius 3 is 2.59 bits per heavy atom. The van der Waals surface area contributed by atoms with Gasteiger partial charge in [-0.15, -0.1) is 10.6 Å². The summed E-state index contributed by atoms with van der Waals surface area (Å²) in [5.74, 6) is -0.124. The summed E-state index contributed by atoms with van der Waals surface area (Å²) in [6, 6.07) is 8.01. The number of anilines is 1. The van der Waals surface area contributed by atoms with Gasteiger partial charge in [0.25, 0.3) is 5.91 Å². The maximum atomic E-state index is 13.1. The molecule has 34 heavy (non-hydrogen) atoms. The van der Waals surface area contributed by atoms with Gasteiger partial charge in [-0.1, -0.05) is 34.7 Å². The van der Waals surface area contributed by atoms with Crippen molar-refractivity contribution in [3.05, 3.63) is 76.2 Å². The lowest BCUT2D eigenvalue weighted by atomic mass is 10.1. The molecule has 3 N–H and O–H groups in total. The van der Waals surface area contributed by atoms with E-state index < -0.39 is 22.6 Å². The van der Waals surface area contributed by atoms with Gasteiger partial charge in [0.15, 0.2) is 22.8 Å². The molecule has 178 valence electrons. The highest BCUT2D eigenvalue weighted by Crippen LogP contribution is 2.61. The molecule has 0 saturated heterocycles. The van der Waals surface area contributed by atoms with E-state index in [0.29, 0.717) is 39.3 Å². The molecule has 0 bridgehead atoms. The second-order valence-corrected chi connectivity index (χ2v) is 10.5. The average Bonchev–Trinajstić information content (AvgIpc) is 3.62. The van der Waals surface area contributed by atoms with Gasteiger partial charge in [0.05, 0.1) is 16.4 Å². The van der Waals surface area contributed by atoms with Crippen molar-refractivity contribution in [3.8, 4) is 0 Å². The molecule has 3 aromatic rings. The maximum absolute atomic E-state index is 13.1. The predicted molar refractivity (Wildman–Crippen MR) is 130 cm³/mol. The van der Waals surface area contributed by atoms with Crippen molar-refractivity contribution in [1.29, 1.82) is 0 Å². The standard InChI is InChI=1S/C22H23N5O5S2/c1-14(20-23-10-3-11-24-20)32-27-19(21(28)26-22-25-12-16(33-22)13-31-2)15-4-6-17(7-5-15)34(29,30)18-8-9-18/h3-8,10-12,14,29-30H,9,13H2,1-2H3,(H,25,26,28). The Bertz CT molecular complexity index is 1210. The van der Waals surface area contributed by atoms with Gasteiger partial charge >= 0.3 is 0 Å². The molecule has 10 nitrogen and oxygen atoms in total. The number of amides is 1. The number of nitrogens with zero attached hydrogens (tertiary/aromatic N) is 4. The zero-order valence-electron chi connectivity index (χ0n) is 18.4. The molecule has 1 amide bonds. The molecular formula is C22H23N5O5S2. The Hall–Kier alpha value is -3.16. The third-order valence-corrected chi connectivity index (χ3v) is 7.60. The van der Waals surface area contributed by atoms with Crippen molar-refractivity contribution in [1.82, 2.24) is 15.0 Å². The Balaban J connectivity index is 1.58. The van der Waals surface area contributed by atoms with Crippen LogP contribution in [-0.2, 0) is 21.0 Å². The highest BCUT2D eigenvalue weighted by Gasteiger charge is 2.27. The van der Waals surface area contributed by atoms with Crippen LogP contribution in [0.2, 0.25) is 0 Å². The first kappa shape index (κ1) is 24.0. The van der Waals surface area contributed by atoms with Crippen molar-refractivity contribution in [3.63, 3.8) is 0 Å². The topological polar surface area (TPSA) is 139 Å². The fourth-order valence-corrected chi connectivity index (χ4v) is 5.03. The summed E-state index contributed by atoms with van der Waals surface area (Å²) in [6.45, 7) is 2.10. The Morgan fingerprint density at radius 1 is 1.24 bits per heavy atom. The van der Waals surface area contributed by atoms with Gasteiger partial charge in [0.1, 0.15) is 0 Å². The largest absolute Gasteiger partial charge is 0.384 e. The molecule has 1 aliphatic rings. The number of hydrogen-bond donors (Lipinski definition) is 3. The molecule has 0 spiro atoms. The first-order chi connectivity index (χ1) is 16.4. The zero-order valence-corrected chi connectivity index (χ0v) is 20.0. The number of methoxy groups -OCH3 is 1. The van der Waals surface area contributed by atoms with Gasteiger partial charge in [-0.2, -0.15) is 0 Å². The second-order valence-electron chi connectivity index (χ2n) is 7.26. The van der Waals surface area contributed by atoms with E-state index in [1.54, 1.807) is 69.0 Å². The highest BCUT2D eigenvalue weighted by molar-refractivity contribution is 8.27. The quantitative estimate of drug-likeness (QED) is 0.271. The lowest BCUT2D eigenvalue weighted by Gasteiger charge is -2.30. The van der Waals surface area contributed by atoms with Gasteiger partial charge in [0.2, 0.25) is 0 Å². The Labute approximate surface area is 201 Å². The van der Waals surface area contributed by atoms with Crippen LogP contribution in [0.25, 0.3) is 0 Å². The van der Waals surface area contributed by atoms with Crippen molar-refractivity contribution in [2.45, 2.75) is 31.0 Å². The molecule has 0 aliphatic heterocycles. The molecular weight excluding hydrogens is 478 g/mol.